The molecule has 1 aliphatic carbocycles. The summed E-state index contributed by atoms with van der Waals surface area (Å²) in [4.78, 5) is 0. The third-order valence-electron chi connectivity index (χ3n) is 4.24. The van der Waals surface area contributed by atoms with Crippen molar-refractivity contribution in [1.82, 2.24) is 5.32 Å². The Balaban J connectivity index is 1.77. The van der Waals surface area contributed by atoms with Crippen LogP contribution in [0.2, 0.25) is 0 Å². The van der Waals surface area contributed by atoms with Crippen molar-refractivity contribution in [3.05, 3.63) is 35.4 Å². The number of benzene rings is 1. The van der Waals surface area contributed by atoms with Crippen LogP contribution < -0.4 is 5.32 Å². The smallest absolute Gasteiger partial charge is 0.0991 e. The van der Waals surface area contributed by atoms with E-state index in [1.54, 1.807) is 0 Å². The Labute approximate surface area is 116 Å². The van der Waals surface area contributed by atoms with E-state index < -0.39 is 0 Å². The molecule has 1 unspecified atom stereocenters. The Kier molecular flexibility index (Phi) is 5.42. The van der Waals surface area contributed by atoms with E-state index in [-0.39, 0.29) is 0 Å². The van der Waals surface area contributed by atoms with Gasteiger partial charge >= 0.3 is 0 Å². The predicted octanol–water partition coefficient (Wildman–Crippen LogP) is 4.18. The van der Waals surface area contributed by atoms with Gasteiger partial charge in [0, 0.05) is 6.04 Å². The average Bonchev–Trinajstić information content (AvgIpc) is 2.48. The first-order valence-corrected chi connectivity index (χ1v) is 7.53. The van der Waals surface area contributed by atoms with Crippen LogP contribution in [0.15, 0.2) is 24.3 Å². The van der Waals surface area contributed by atoms with E-state index in [9.17, 15) is 0 Å². The summed E-state index contributed by atoms with van der Waals surface area (Å²) in [5.74, 6) is 0.930. The molecule has 0 aromatic heterocycles. The standard InChI is InChI=1S/C17H24N2/c1-14(17-9-5-8-16(12-17)13-18)19-11-10-15-6-3-2-4-7-15/h5,8-9,12,14-15,19H,2-4,6-7,10-11H2,1H3. The summed E-state index contributed by atoms with van der Waals surface area (Å²) in [5.41, 5.74) is 1.96. The molecule has 0 radical (unpaired) electrons. The van der Waals surface area contributed by atoms with Crippen LogP contribution in [0.1, 0.15) is 62.6 Å². The van der Waals surface area contributed by atoms with Gasteiger partial charge in [0.15, 0.2) is 0 Å². The Morgan fingerprint density at radius 2 is 2.11 bits per heavy atom. The maximum Gasteiger partial charge on any atom is 0.0991 e. The minimum atomic E-state index is 0.330. The Hall–Kier alpha value is -1.33. The zero-order valence-electron chi connectivity index (χ0n) is 11.9. The van der Waals surface area contributed by atoms with E-state index in [1.165, 1.54) is 44.1 Å². The number of hydrogen-bond donors (Lipinski definition) is 1. The van der Waals surface area contributed by atoms with E-state index in [4.69, 9.17) is 5.26 Å². The van der Waals surface area contributed by atoms with Crippen molar-refractivity contribution in [2.75, 3.05) is 6.54 Å². The van der Waals surface area contributed by atoms with Crippen LogP contribution in [0.5, 0.6) is 0 Å². The molecule has 1 N–H and O–H groups in total. The average molecular weight is 256 g/mol. The van der Waals surface area contributed by atoms with Gasteiger partial charge in [-0.2, -0.15) is 5.26 Å². The van der Waals surface area contributed by atoms with Crippen molar-refractivity contribution in [3.8, 4) is 6.07 Å². The summed E-state index contributed by atoms with van der Waals surface area (Å²) < 4.78 is 0. The number of nitriles is 1. The van der Waals surface area contributed by atoms with Crippen LogP contribution in [0.4, 0.5) is 0 Å². The molecule has 102 valence electrons. The highest BCUT2D eigenvalue weighted by atomic mass is 14.9. The molecule has 1 aromatic carbocycles. The Morgan fingerprint density at radius 1 is 1.32 bits per heavy atom. The summed E-state index contributed by atoms with van der Waals surface area (Å²) in [5, 5.41) is 12.5. The third kappa shape index (κ3) is 4.36. The number of rotatable bonds is 5. The molecule has 2 nitrogen and oxygen atoms in total. The van der Waals surface area contributed by atoms with Crippen molar-refractivity contribution < 1.29 is 0 Å². The van der Waals surface area contributed by atoms with E-state index in [1.807, 2.05) is 18.2 Å². The molecule has 19 heavy (non-hydrogen) atoms. The fourth-order valence-corrected chi connectivity index (χ4v) is 2.98. The molecule has 1 fully saturated rings. The number of hydrogen-bond acceptors (Lipinski definition) is 2. The largest absolute Gasteiger partial charge is 0.310 e. The zero-order valence-corrected chi connectivity index (χ0v) is 11.9. The Bertz CT molecular complexity index is 427. The van der Waals surface area contributed by atoms with Gasteiger partial charge < -0.3 is 5.32 Å². The molecule has 0 spiro atoms. The van der Waals surface area contributed by atoms with Crippen molar-refractivity contribution in [3.63, 3.8) is 0 Å². The van der Waals surface area contributed by atoms with Crippen LogP contribution in [-0.2, 0) is 0 Å². The predicted molar refractivity (Wildman–Crippen MR) is 78.8 cm³/mol. The third-order valence-corrected chi connectivity index (χ3v) is 4.24. The lowest BCUT2D eigenvalue weighted by Crippen LogP contribution is -2.22. The highest BCUT2D eigenvalue weighted by Gasteiger charge is 2.13. The topological polar surface area (TPSA) is 35.8 Å². The molecule has 1 saturated carbocycles. The van der Waals surface area contributed by atoms with Gasteiger partial charge in [-0.05, 0) is 43.5 Å². The van der Waals surface area contributed by atoms with E-state index >= 15 is 0 Å². The molecule has 2 heteroatoms. The summed E-state index contributed by atoms with van der Waals surface area (Å²) in [7, 11) is 0. The molecule has 0 heterocycles. The van der Waals surface area contributed by atoms with Gasteiger partial charge in [0.25, 0.3) is 0 Å². The molecule has 1 atom stereocenters. The monoisotopic (exact) mass is 256 g/mol. The zero-order chi connectivity index (χ0) is 13.5. The van der Waals surface area contributed by atoms with Gasteiger partial charge in [-0.1, -0.05) is 44.2 Å². The van der Waals surface area contributed by atoms with E-state index in [0.717, 1.165) is 18.0 Å². The second-order valence-electron chi connectivity index (χ2n) is 5.71. The van der Waals surface area contributed by atoms with Crippen LogP contribution >= 0.6 is 0 Å². The van der Waals surface area contributed by atoms with E-state index in [2.05, 4.69) is 24.4 Å². The van der Waals surface area contributed by atoms with Gasteiger partial charge in [-0.3, -0.25) is 0 Å². The molecule has 1 aliphatic rings. The Morgan fingerprint density at radius 3 is 2.84 bits per heavy atom. The maximum atomic E-state index is 8.92. The van der Waals surface area contributed by atoms with Crippen LogP contribution in [0.3, 0.4) is 0 Å². The lowest BCUT2D eigenvalue weighted by molar-refractivity contribution is 0.329. The van der Waals surface area contributed by atoms with Gasteiger partial charge in [0.1, 0.15) is 0 Å². The summed E-state index contributed by atoms with van der Waals surface area (Å²) in [6, 6.07) is 10.4. The molecule has 0 amide bonds. The molecular formula is C17H24N2. The first-order chi connectivity index (χ1) is 9.29. The van der Waals surface area contributed by atoms with Crippen molar-refractivity contribution in [1.29, 1.82) is 5.26 Å². The minimum Gasteiger partial charge on any atom is -0.310 e. The fraction of sp³-hybridized carbons (Fsp3) is 0.588. The lowest BCUT2D eigenvalue weighted by Gasteiger charge is -2.22. The molecule has 0 saturated heterocycles. The van der Waals surface area contributed by atoms with Crippen LogP contribution in [0, 0.1) is 17.2 Å². The first-order valence-electron chi connectivity index (χ1n) is 7.53. The second kappa shape index (κ2) is 7.31. The summed E-state index contributed by atoms with van der Waals surface area (Å²) >= 11 is 0. The summed E-state index contributed by atoms with van der Waals surface area (Å²) in [6.07, 6.45) is 8.40. The number of nitrogens with one attached hydrogen (secondary N) is 1. The number of nitrogens with zero attached hydrogens (tertiary/aromatic N) is 1. The molecule has 2 rings (SSSR count). The fourth-order valence-electron chi connectivity index (χ4n) is 2.98. The van der Waals surface area contributed by atoms with Crippen molar-refractivity contribution >= 4 is 0 Å². The highest BCUT2D eigenvalue weighted by Crippen LogP contribution is 2.26. The lowest BCUT2D eigenvalue weighted by atomic mass is 9.87. The van der Waals surface area contributed by atoms with Crippen LogP contribution in [0.25, 0.3) is 0 Å². The molecule has 0 aliphatic heterocycles. The second-order valence-corrected chi connectivity index (χ2v) is 5.71. The molecule has 1 aromatic rings. The quantitative estimate of drug-likeness (QED) is 0.858. The van der Waals surface area contributed by atoms with Crippen LogP contribution in [-0.4, -0.2) is 6.54 Å². The summed E-state index contributed by atoms with van der Waals surface area (Å²) in [6.45, 7) is 3.26. The van der Waals surface area contributed by atoms with Gasteiger partial charge in [0.05, 0.1) is 11.6 Å². The normalized spacial score (nSPS) is 17.9. The molecule has 0 bridgehead atoms. The van der Waals surface area contributed by atoms with E-state index in [0.29, 0.717) is 6.04 Å². The van der Waals surface area contributed by atoms with Gasteiger partial charge in [-0.15, -0.1) is 0 Å². The SMILES string of the molecule is CC(NCCC1CCCCC1)c1cccc(C#N)c1. The molecular weight excluding hydrogens is 232 g/mol. The van der Waals surface area contributed by atoms with Crippen molar-refractivity contribution in [2.45, 2.75) is 51.5 Å². The maximum absolute atomic E-state index is 8.92. The first kappa shape index (κ1) is 14.1. The van der Waals surface area contributed by atoms with Crippen molar-refractivity contribution in [2.24, 2.45) is 5.92 Å². The van der Waals surface area contributed by atoms with Gasteiger partial charge in [0.2, 0.25) is 0 Å². The minimum absolute atomic E-state index is 0.330. The highest BCUT2D eigenvalue weighted by molar-refractivity contribution is 5.33. The van der Waals surface area contributed by atoms with Gasteiger partial charge in [-0.25, -0.2) is 0 Å².